The van der Waals surface area contributed by atoms with Crippen LogP contribution >= 0.6 is 15.9 Å². The highest BCUT2D eigenvalue weighted by Gasteiger charge is 2.40. The number of hydrogen-bond acceptors (Lipinski definition) is 3. The van der Waals surface area contributed by atoms with E-state index in [9.17, 15) is 8.42 Å². The summed E-state index contributed by atoms with van der Waals surface area (Å²) in [4.78, 5) is 0.340. The summed E-state index contributed by atoms with van der Waals surface area (Å²) in [6.07, 6.45) is 4.33. The monoisotopic (exact) mass is 550 g/mol. The second-order valence-electron chi connectivity index (χ2n) is 10.3. The molecule has 0 amide bonds. The quantitative estimate of drug-likeness (QED) is 0.130. The molecule has 182 valence electrons. The van der Waals surface area contributed by atoms with Crippen molar-refractivity contribution in [2.75, 3.05) is 11.6 Å². The molecule has 0 bridgehead atoms. The van der Waals surface area contributed by atoms with Crippen molar-refractivity contribution in [1.29, 1.82) is 0 Å². The largest absolute Gasteiger partial charge is 0.410 e. The van der Waals surface area contributed by atoms with Crippen LogP contribution in [0, 0.1) is 0 Å². The Kier molecular flexibility index (Phi) is 9.75. The first-order chi connectivity index (χ1) is 15.3. The van der Waals surface area contributed by atoms with Gasteiger partial charge in [0.25, 0.3) is 0 Å². The van der Waals surface area contributed by atoms with E-state index < -0.39 is 18.2 Å². The molecule has 0 aliphatic carbocycles. The molecule has 2 aromatic rings. The molecule has 0 aliphatic rings. The van der Waals surface area contributed by atoms with Crippen LogP contribution in [0.15, 0.2) is 59.5 Å². The van der Waals surface area contributed by atoms with E-state index >= 15 is 0 Å². The third-order valence-electron chi connectivity index (χ3n) is 6.62. The van der Waals surface area contributed by atoms with Crippen molar-refractivity contribution in [3.63, 3.8) is 0 Å². The lowest BCUT2D eigenvalue weighted by atomic mass is 9.90. The van der Waals surface area contributed by atoms with Gasteiger partial charge in [-0.25, -0.2) is 8.42 Å². The van der Waals surface area contributed by atoms with Crippen LogP contribution < -0.4 is 0 Å². The molecule has 0 radical (unpaired) electrons. The van der Waals surface area contributed by atoms with E-state index in [4.69, 9.17) is 4.43 Å². The Bertz CT molecular complexity index is 1040. The van der Waals surface area contributed by atoms with Crippen LogP contribution in [0.4, 0.5) is 0 Å². The Hall–Kier alpha value is -1.21. The van der Waals surface area contributed by atoms with Gasteiger partial charge in [-0.15, -0.1) is 0 Å². The molecule has 0 fully saturated rings. The van der Waals surface area contributed by atoms with Gasteiger partial charge in [-0.05, 0) is 78.7 Å². The third-order valence-corrected chi connectivity index (χ3v) is 12.8. The highest BCUT2D eigenvalue weighted by molar-refractivity contribution is 9.09. The normalized spacial score (nSPS) is 14.7. The maximum absolute atomic E-state index is 11.9. The summed E-state index contributed by atoms with van der Waals surface area (Å²) < 4.78 is 30.9. The van der Waals surface area contributed by atoms with Crippen LogP contribution in [0.3, 0.4) is 0 Å². The molecule has 0 heterocycles. The molecule has 33 heavy (non-hydrogen) atoms. The van der Waals surface area contributed by atoms with Gasteiger partial charge in [-0.1, -0.05) is 79.2 Å². The molecule has 1 atom stereocenters. The van der Waals surface area contributed by atoms with Gasteiger partial charge in [-0.3, -0.25) is 0 Å². The molecule has 6 heteroatoms. The van der Waals surface area contributed by atoms with Gasteiger partial charge < -0.3 is 4.43 Å². The summed E-state index contributed by atoms with van der Waals surface area (Å²) in [5.41, 5.74) is 4.50. The van der Waals surface area contributed by atoms with Crippen molar-refractivity contribution >= 4 is 45.2 Å². The second kappa shape index (κ2) is 11.5. The fraction of sp³-hybridized carbons (Fsp3) is 0.481. The molecule has 3 nitrogen and oxygen atoms in total. The van der Waals surface area contributed by atoms with Crippen LogP contribution in [0.5, 0.6) is 0 Å². The minimum Gasteiger partial charge on any atom is -0.410 e. The van der Waals surface area contributed by atoms with E-state index in [2.05, 4.69) is 81.0 Å². The van der Waals surface area contributed by atoms with Crippen LogP contribution in [-0.4, -0.2) is 34.4 Å². The summed E-state index contributed by atoms with van der Waals surface area (Å²) in [6, 6.07) is 17.7. The Labute approximate surface area is 210 Å². The van der Waals surface area contributed by atoms with E-state index in [0.29, 0.717) is 4.90 Å². The van der Waals surface area contributed by atoms with E-state index in [-0.39, 0.29) is 11.1 Å². The van der Waals surface area contributed by atoms with E-state index in [1.165, 1.54) is 11.8 Å². The number of halogens is 1. The van der Waals surface area contributed by atoms with E-state index in [0.717, 1.165) is 41.3 Å². The number of sulfone groups is 1. The number of unbranched alkanes of at least 4 members (excludes halogenated alkanes) is 1. The lowest BCUT2D eigenvalue weighted by Gasteiger charge is -2.40. The average molecular weight is 552 g/mol. The molecular formula is C27H39BrO3SSi. The maximum atomic E-state index is 11.9. The fourth-order valence-corrected chi connectivity index (χ4v) is 5.92. The van der Waals surface area contributed by atoms with Crippen molar-refractivity contribution in [3.8, 4) is 0 Å². The summed E-state index contributed by atoms with van der Waals surface area (Å²) >= 11 is 3.57. The molecule has 0 aliphatic heterocycles. The Balaban J connectivity index is 2.65. The van der Waals surface area contributed by atoms with Gasteiger partial charge in [0.15, 0.2) is 18.2 Å². The number of rotatable bonds is 10. The molecule has 0 N–H and O–H groups in total. The van der Waals surface area contributed by atoms with Crippen LogP contribution in [-0.2, 0) is 14.3 Å². The number of benzene rings is 2. The highest BCUT2D eigenvalue weighted by Crippen LogP contribution is 2.41. The molecule has 2 rings (SSSR count). The number of alkyl halides is 1. The molecule has 1 unspecified atom stereocenters. The first-order valence-electron chi connectivity index (χ1n) is 11.6. The number of hydrogen-bond donors (Lipinski definition) is 0. The molecular weight excluding hydrogens is 512 g/mol. The minimum atomic E-state index is -3.23. The van der Waals surface area contributed by atoms with Gasteiger partial charge in [0.05, 0.1) is 11.0 Å². The summed E-state index contributed by atoms with van der Waals surface area (Å²) in [5.74, 6) is 0. The first-order valence-corrected chi connectivity index (χ1v) is 17.5. The van der Waals surface area contributed by atoms with Crippen molar-refractivity contribution < 1.29 is 12.8 Å². The smallest absolute Gasteiger partial charge is 0.192 e. The number of allylic oxidation sites excluding steroid dienone is 1. The molecule has 2 aromatic carbocycles. The maximum Gasteiger partial charge on any atom is 0.192 e. The average Bonchev–Trinajstić information content (AvgIpc) is 2.73. The van der Waals surface area contributed by atoms with Crippen molar-refractivity contribution in [1.82, 2.24) is 0 Å². The SMILES string of the molecule is C/C(=C(/c1ccccc1)C(CCCCBr)O[Si](C)(C)C(C)(C)C)c1ccc(S(C)(=O)=O)cc1. The van der Waals surface area contributed by atoms with Gasteiger partial charge in [-0.2, -0.15) is 0 Å². The van der Waals surface area contributed by atoms with Gasteiger partial charge in [0, 0.05) is 11.6 Å². The predicted octanol–water partition coefficient (Wildman–Crippen LogP) is 7.98. The van der Waals surface area contributed by atoms with E-state index in [1.54, 1.807) is 12.1 Å². The van der Waals surface area contributed by atoms with Crippen LogP contribution in [0.25, 0.3) is 11.1 Å². The van der Waals surface area contributed by atoms with Crippen molar-refractivity contribution in [2.24, 2.45) is 0 Å². The standard InChI is InChI=1S/C27H39BrO3SSi/c1-21(22-16-18-24(19-17-22)32(5,29)30)26(23-13-9-8-10-14-23)25(15-11-12-20-28)31-33(6,7)27(2,3)4/h8-10,13-14,16-19,25H,11-12,15,20H2,1-7H3/b26-21+. The minimum absolute atomic E-state index is 0.0260. The molecule has 0 saturated heterocycles. The predicted molar refractivity (Wildman–Crippen MR) is 148 cm³/mol. The van der Waals surface area contributed by atoms with E-state index in [1.807, 2.05) is 18.2 Å². The zero-order chi connectivity index (χ0) is 24.9. The molecule has 0 saturated carbocycles. The summed E-state index contributed by atoms with van der Waals surface area (Å²) in [5, 5.41) is 1.09. The molecule has 0 spiro atoms. The second-order valence-corrected chi connectivity index (χ2v) is 17.8. The van der Waals surface area contributed by atoms with Gasteiger partial charge in [0.2, 0.25) is 0 Å². The third kappa shape index (κ3) is 7.64. The highest BCUT2D eigenvalue weighted by atomic mass is 79.9. The summed E-state index contributed by atoms with van der Waals surface area (Å²) in [7, 11) is -5.26. The van der Waals surface area contributed by atoms with Gasteiger partial charge in [0.1, 0.15) is 0 Å². The Morgan fingerprint density at radius 1 is 0.970 bits per heavy atom. The van der Waals surface area contributed by atoms with Crippen molar-refractivity contribution in [2.45, 2.75) is 76.1 Å². The lowest BCUT2D eigenvalue weighted by molar-refractivity contribution is 0.220. The fourth-order valence-electron chi connectivity index (χ4n) is 3.59. The van der Waals surface area contributed by atoms with Crippen LogP contribution in [0.1, 0.15) is 58.1 Å². The zero-order valence-electron chi connectivity index (χ0n) is 21.1. The first kappa shape index (κ1) is 28.0. The Morgan fingerprint density at radius 3 is 2.03 bits per heavy atom. The van der Waals surface area contributed by atoms with Crippen LogP contribution in [0.2, 0.25) is 18.1 Å². The molecule has 0 aromatic heterocycles. The lowest BCUT2D eigenvalue weighted by Crippen LogP contribution is -2.44. The topological polar surface area (TPSA) is 43.4 Å². The zero-order valence-corrected chi connectivity index (χ0v) is 24.5. The summed E-state index contributed by atoms with van der Waals surface area (Å²) in [6.45, 7) is 13.6. The van der Waals surface area contributed by atoms with Crippen molar-refractivity contribution in [3.05, 3.63) is 65.7 Å². The Morgan fingerprint density at radius 2 is 1.55 bits per heavy atom. The van der Waals surface area contributed by atoms with Gasteiger partial charge >= 0.3 is 0 Å².